The predicted octanol–water partition coefficient (Wildman–Crippen LogP) is 8.12. The Hall–Kier alpha value is -4.89. The van der Waals surface area contributed by atoms with Crippen molar-refractivity contribution in [1.82, 2.24) is 0 Å². The molecular formula is C35H25F3N2O3S. The van der Waals surface area contributed by atoms with Gasteiger partial charge in [-0.25, -0.2) is 8.42 Å². The topological polar surface area (TPSA) is 75.3 Å². The first kappa shape index (κ1) is 27.9. The normalized spacial score (nSPS) is 17.6. The smallest absolute Gasteiger partial charge is 0.325 e. The van der Waals surface area contributed by atoms with Crippen LogP contribution in [0.4, 0.5) is 24.5 Å². The Balaban J connectivity index is 1.23. The molecule has 5 aromatic carbocycles. The fraction of sp³-hybridized carbons (Fsp3) is 0.114. The number of anilines is 2. The predicted molar refractivity (Wildman–Crippen MR) is 165 cm³/mol. The summed E-state index contributed by atoms with van der Waals surface area (Å²) in [5.41, 5.74) is 4.35. The SMILES string of the molecule is O=C1Nc2ccc(S(=O)(=O)Nc3ccc(C(F)(F)F)cc3)cc2C1C1C(Cc2ccc3ccccc3c2)=Cc2ccccc21. The summed E-state index contributed by atoms with van der Waals surface area (Å²) in [7, 11) is -4.18. The zero-order valence-corrected chi connectivity index (χ0v) is 23.9. The van der Waals surface area contributed by atoms with E-state index in [1.165, 1.54) is 12.1 Å². The molecule has 0 saturated carbocycles. The van der Waals surface area contributed by atoms with E-state index in [9.17, 15) is 26.4 Å². The minimum Gasteiger partial charge on any atom is -0.325 e. The third kappa shape index (κ3) is 5.03. The number of alkyl halides is 3. The minimum absolute atomic E-state index is 0.00502. The Bertz CT molecular complexity index is 2090. The summed E-state index contributed by atoms with van der Waals surface area (Å²) in [5.74, 6) is -1.22. The fourth-order valence-electron chi connectivity index (χ4n) is 6.26. The second kappa shape index (κ2) is 10.4. The van der Waals surface area contributed by atoms with Gasteiger partial charge in [-0.2, -0.15) is 13.2 Å². The van der Waals surface area contributed by atoms with Crippen molar-refractivity contribution in [2.45, 2.75) is 29.3 Å². The molecule has 5 aromatic rings. The van der Waals surface area contributed by atoms with Crippen molar-refractivity contribution < 1.29 is 26.4 Å². The number of amides is 1. The van der Waals surface area contributed by atoms with Gasteiger partial charge in [0.15, 0.2) is 0 Å². The highest BCUT2D eigenvalue weighted by Crippen LogP contribution is 2.51. The summed E-state index contributed by atoms with van der Waals surface area (Å²) in [4.78, 5) is 13.5. The number of halogens is 3. The highest BCUT2D eigenvalue weighted by atomic mass is 32.2. The summed E-state index contributed by atoms with van der Waals surface area (Å²) in [6.45, 7) is 0. The lowest BCUT2D eigenvalue weighted by atomic mass is 9.78. The number of benzene rings is 5. The first-order valence-corrected chi connectivity index (χ1v) is 15.5. The van der Waals surface area contributed by atoms with E-state index >= 15 is 0 Å². The van der Waals surface area contributed by atoms with Crippen LogP contribution in [0.3, 0.4) is 0 Å². The van der Waals surface area contributed by atoms with E-state index in [0.717, 1.165) is 57.3 Å². The minimum atomic E-state index is -4.54. The molecule has 0 bridgehead atoms. The maximum absolute atomic E-state index is 13.6. The van der Waals surface area contributed by atoms with Gasteiger partial charge in [0, 0.05) is 17.3 Å². The van der Waals surface area contributed by atoms with Gasteiger partial charge in [0.2, 0.25) is 5.91 Å². The van der Waals surface area contributed by atoms with Crippen LogP contribution in [0.25, 0.3) is 16.8 Å². The fourth-order valence-corrected chi connectivity index (χ4v) is 7.35. The van der Waals surface area contributed by atoms with Crippen LogP contribution in [0.15, 0.2) is 120 Å². The molecular weight excluding hydrogens is 585 g/mol. The van der Waals surface area contributed by atoms with Gasteiger partial charge in [0.25, 0.3) is 10.0 Å². The Kier molecular flexibility index (Phi) is 6.58. The molecule has 2 aliphatic rings. The van der Waals surface area contributed by atoms with Crippen molar-refractivity contribution in [3.63, 3.8) is 0 Å². The summed E-state index contributed by atoms with van der Waals surface area (Å²) in [5, 5.41) is 5.18. The molecule has 2 atom stereocenters. The van der Waals surface area contributed by atoms with Crippen molar-refractivity contribution in [2.24, 2.45) is 0 Å². The maximum Gasteiger partial charge on any atom is 0.416 e. The van der Waals surface area contributed by atoms with Crippen LogP contribution >= 0.6 is 0 Å². The molecule has 0 radical (unpaired) electrons. The standard InChI is InChI=1S/C35H25F3N2O3S/c36-35(37,38)26-11-13-27(14-12-26)40-44(42,43)28-15-16-31-30(20-28)33(34(41)39-31)32-25(19-24-7-3-4-8-29(24)32)18-21-9-10-22-5-1-2-6-23(22)17-21/h1-17,19-20,32-33,40H,18H2,(H,39,41). The average Bonchev–Trinajstić information content (AvgIpc) is 3.51. The quantitative estimate of drug-likeness (QED) is 0.204. The van der Waals surface area contributed by atoms with E-state index in [2.05, 4.69) is 46.4 Å². The Morgan fingerprint density at radius 1 is 0.750 bits per heavy atom. The Morgan fingerprint density at radius 3 is 2.25 bits per heavy atom. The van der Waals surface area contributed by atoms with Crippen LogP contribution < -0.4 is 10.0 Å². The molecule has 7 rings (SSSR count). The molecule has 1 amide bonds. The molecule has 220 valence electrons. The highest BCUT2D eigenvalue weighted by Gasteiger charge is 2.42. The van der Waals surface area contributed by atoms with E-state index in [4.69, 9.17) is 0 Å². The van der Waals surface area contributed by atoms with Crippen LogP contribution in [0.1, 0.15) is 39.7 Å². The first-order valence-electron chi connectivity index (χ1n) is 14.0. The Labute approximate surface area is 252 Å². The molecule has 1 heterocycles. The lowest BCUT2D eigenvalue weighted by Gasteiger charge is -2.23. The molecule has 2 unspecified atom stereocenters. The molecule has 1 aliphatic carbocycles. The number of hydrogen-bond acceptors (Lipinski definition) is 3. The molecule has 0 aromatic heterocycles. The summed E-state index contributed by atoms with van der Waals surface area (Å²) < 4.78 is 68.0. The third-order valence-corrected chi connectivity index (χ3v) is 9.68. The molecule has 0 spiro atoms. The summed E-state index contributed by atoms with van der Waals surface area (Å²) in [6, 6.07) is 30.5. The molecule has 44 heavy (non-hydrogen) atoms. The van der Waals surface area contributed by atoms with Crippen LogP contribution in [0.2, 0.25) is 0 Å². The number of carbonyl (C=O) groups is 1. The molecule has 1 aliphatic heterocycles. The van der Waals surface area contributed by atoms with Crippen LogP contribution in [-0.2, 0) is 27.4 Å². The van der Waals surface area contributed by atoms with Gasteiger partial charge in [0.1, 0.15) is 0 Å². The molecule has 9 heteroatoms. The zero-order valence-electron chi connectivity index (χ0n) is 23.1. The van der Waals surface area contributed by atoms with Gasteiger partial charge in [-0.05, 0) is 81.9 Å². The van der Waals surface area contributed by atoms with E-state index in [-0.39, 0.29) is 22.4 Å². The van der Waals surface area contributed by atoms with Crippen LogP contribution in [0.5, 0.6) is 0 Å². The molecule has 0 fully saturated rings. The molecule has 2 N–H and O–H groups in total. The van der Waals surface area contributed by atoms with Gasteiger partial charge in [-0.3, -0.25) is 9.52 Å². The number of fused-ring (bicyclic) bond motifs is 3. The van der Waals surface area contributed by atoms with E-state index in [0.29, 0.717) is 17.7 Å². The van der Waals surface area contributed by atoms with Crippen LogP contribution in [0, 0.1) is 0 Å². The summed E-state index contributed by atoms with van der Waals surface area (Å²) in [6.07, 6.45) is -1.81. The lowest BCUT2D eigenvalue weighted by molar-refractivity contribution is -0.137. The molecule has 0 saturated heterocycles. The number of sulfonamides is 1. The number of carbonyl (C=O) groups excluding carboxylic acids is 1. The van der Waals surface area contributed by atoms with Crippen molar-refractivity contribution in [1.29, 1.82) is 0 Å². The number of allylic oxidation sites excluding steroid dienone is 1. The second-order valence-corrected chi connectivity index (χ2v) is 12.8. The highest BCUT2D eigenvalue weighted by molar-refractivity contribution is 7.92. The van der Waals surface area contributed by atoms with Gasteiger partial charge < -0.3 is 5.32 Å². The van der Waals surface area contributed by atoms with Gasteiger partial charge in [0.05, 0.1) is 16.4 Å². The van der Waals surface area contributed by atoms with Crippen molar-refractivity contribution >= 4 is 44.2 Å². The maximum atomic E-state index is 13.6. The van der Waals surface area contributed by atoms with E-state index in [1.807, 2.05) is 36.4 Å². The van der Waals surface area contributed by atoms with Crippen molar-refractivity contribution in [3.8, 4) is 0 Å². The number of nitrogens with one attached hydrogen (secondary N) is 2. The Morgan fingerprint density at radius 2 is 1.48 bits per heavy atom. The van der Waals surface area contributed by atoms with E-state index < -0.39 is 27.7 Å². The zero-order chi connectivity index (χ0) is 30.6. The largest absolute Gasteiger partial charge is 0.416 e. The summed E-state index contributed by atoms with van der Waals surface area (Å²) >= 11 is 0. The molecule has 5 nitrogen and oxygen atoms in total. The third-order valence-electron chi connectivity index (χ3n) is 8.30. The van der Waals surface area contributed by atoms with Crippen molar-refractivity contribution in [3.05, 3.63) is 143 Å². The average molecular weight is 611 g/mol. The van der Waals surface area contributed by atoms with Gasteiger partial charge in [-0.15, -0.1) is 0 Å². The monoisotopic (exact) mass is 610 g/mol. The number of hydrogen-bond donors (Lipinski definition) is 2. The van der Waals surface area contributed by atoms with Gasteiger partial charge in [-0.1, -0.05) is 78.4 Å². The van der Waals surface area contributed by atoms with E-state index in [1.54, 1.807) is 6.07 Å². The van der Waals surface area contributed by atoms with Gasteiger partial charge >= 0.3 is 6.18 Å². The second-order valence-electron chi connectivity index (χ2n) is 11.1. The first-order chi connectivity index (χ1) is 21.1. The van der Waals surface area contributed by atoms with Crippen LogP contribution in [-0.4, -0.2) is 14.3 Å². The lowest BCUT2D eigenvalue weighted by Crippen LogP contribution is -2.21. The number of rotatable bonds is 6. The van der Waals surface area contributed by atoms with Crippen molar-refractivity contribution in [2.75, 3.05) is 10.0 Å².